The molecule has 196 valence electrons. The van der Waals surface area contributed by atoms with Gasteiger partial charge in [-0.2, -0.15) is 13.2 Å². The van der Waals surface area contributed by atoms with Gasteiger partial charge in [-0.1, -0.05) is 19.1 Å². The second-order valence-corrected chi connectivity index (χ2v) is 9.49. The Balaban J connectivity index is 1.49. The van der Waals surface area contributed by atoms with Crippen molar-refractivity contribution < 1.29 is 22.7 Å². The third kappa shape index (κ3) is 6.41. The molecule has 0 unspecified atom stereocenters. The molecule has 2 fully saturated rings. The van der Waals surface area contributed by atoms with E-state index in [1.165, 1.54) is 22.6 Å². The number of hydrogen-bond donors (Lipinski definition) is 0. The smallest absolute Gasteiger partial charge is 0.381 e. The van der Waals surface area contributed by atoms with E-state index >= 15 is 0 Å². The molecule has 0 spiro atoms. The van der Waals surface area contributed by atoms with Crippen molar-refractivity contribution in [1.82, 2.24) is 19.8 Å². The van der Waals surface area contributed by atoms with Gasteiger partial charge in [0.1, 0.15) is 11.5 Å². The minimum absolute atomic E-state index is 0.0534. The zero-order valence-electron chi connectivity index (χ0n) is 20.7. The van der Waals surface area contributed by atoms with E-state index in [9.17, 15) is 18.0 Å². The van der Waals surface area contributed by atoms with Gasteiger partial charge in [-0.15, -0.1) is 0 Å². The molecule has 2 saturated heterocycles. The normalized spacial score (nSPS) is 19.2. The van der Waals surface area contributed by atoms with Gasteiger partial charge in [0, 0.05) is 76.8 Å². The van der Waals surface area contributed by atoms with Crippen LogP contribution in [0, 0.1) is 0 Å². The van der Waals surface area contributed by atoms with Crippen LogP contribution in [0.1, 0.15) is 37.4 Å². The summed E-state index contributed by atoms with van der Waals surface area (Å²) >= 11 is 0. The molecule has 36 heavy (non-hydrogen) atoms. The third-order valence-electron chi connectivity index (χ3n) is 7.26. The second kappa shape index (κ2) is 11.7. The van der Waals surface area contributed by atoms with Crippen LogP contribution in [-0.2, 0) is 22.1 Å². The maximum absolute atomic E-state index is 13.3. The molecular weight excluding hydrogens is 471 g/mol. The summed E-state index contributed by atoms with van der Waals surface area (Å²) in [5, 5.41) is 0. The molecule has 10 heteroatoms. The summed E-state index contributed by atoms with van der Waals surface area (Å²) in [4.78, 5) is 27.3. The summed E-state index contributed by atoms with van der Waals surface area (Å²) in [7, 11) is 0. The lowest BCUT2D eigenvalue weighted by Gasteiger charge is -2.51. The van der Waals surface area contributed by atoms with E-state index in [-0.39, 0.29) is 23.7 Å². The first-order valence-electron chi connectivity index (χ1n) is 12.6. The van der Waals surface area contributed by atoms with Crippen LogP contribution < -0.4 is 4.90 Å². The number of amides is 1. The average Bonchev–Trinajstić information content (AvgIpc) is 2.91. The first-order valence-corrected chi connectivity index (χ1v) is 12.6. The van der Waals surface area contributed by atoms with Crippen LogP contribution in [0.15, 0.2) is 42.7 Å². The Hall–Kier alpha value is -2.56. The lowest BCUT2D eigenvalue weighted by atomic mass is 9.86. The van der Waals surface area contributed by atoms with E-state index in [1.807, 2.05) is 12.3 Å². The van der Waals surface area contributed by atoms with Crippen molar-refractivity contribution in [3.63, 3.8) is 0 Å². The Morgan fingerprint density at radius 1 is 1.11 bits per heavy atom. The highest BCUT2D eigenvalue weighted by Gasteiger charge is 2.43. The van der Waals surface area contributed by atoms with Gasteiger partial charge in [-0.05, 0) is 43.0 Å². The summed E-state index contributed by atoms with van der Waals surface area (Å²) in [5.74, 6) is -0.180. The minimum Gasteiger partial charge on any atom is -0.381 e. The summed E-state index contributed by atoms with van der Waals surface area (Å²) in [5.41, 5.74) is -0.144. The number of halogens is 3. The highest BCUT2D eigenvalue weighted by molar-refractivity contribution is 5.92. The molecule has 2 aromatic heterocycles. The molecule has 0 aliphatic carbocycles. The van der Waals surface area contributed by atoms with Gasteiger partial charge in [0.2, 0.25) is 5.91 Å². The van der Waals surface area contributed by atoms with Crippen LogP contribution >= 0.6 is 0 Å². The van der Waals surface area contributed by atoms with Crippen molar-refractivity contribution in [2.45, 2.75) is 44.3 Å². The summed E-state index contributed by atoms with van der Waals surface area (Å²) < 4.78 is 45.7. The van der Waals surface area contributed by atoms with E-state index < -0.39 is 11.9 Å². The predicted molar refractivity (Wildman–Crippen MR) is 131 cm³/mol. The Bertz CT molecular complexity index is 991. The zero-order chi connectivity index (χ0) is 25.6. The Kier molecular flexibility index (Phi) is 8.58. The predicted octanol–water partition coefficient (Wildman–Crippen LogP) is 3.65. The summed E-state index contributed by atoms with van der Waals surface area (Å²) in [6.07, 6.45) is 1.66. The molecule has 0 saturated carbocycles. The number of nitrogens with zero attached hydrogens (tertiary/aromatic N) is 5. The van der Waals surface area contributed by atoms with E-state index in [0.717, 1.165) is 58.1 Å². The summed E-state index contributed by atoms with van der Waals surface area (Å²) in [6.45, 7) is 7.54. The van der Waals surface area contributed by atoms with Gasteiger partial charge in [0.15, 0.2) is 0 Å². The van der Waals surface area contributed by atoms with Crippen molar-refractivity contribution >= 4 is 11.7 Å². The SMILES string of the molecule is CCC(=O)N(CC1(N2CCN(CCc3cccnc3)CC2)CCOCC1)c1cccc(C(F)(F)F)n1. The number of pyridine rings is 2. The maximum atomic E-state index is 13.3. The molecule has 0 aromatic carbocycles. The van der Waals surface area contributed by atoms with Gasteiger partial charge < -0.3 is 9.64 Å². The number of carbonyl (C=O) groups excluding carboxylic acids is 1. The number of aromatic nitrogens is 2. The fourth-order valence-corrected chi connectivity index (χ4v) is 5.12. The molecule has 2 aliphatic heterocycles. The van der Waals surface area contributed by atoms with Crippen LogP contribution in [-0.4, -0.2) is 83.7 Å². The minimum atomic E-state index is -4.57. The maximum Gasteiger partial charge on any atom is 0.433 e. The third-order valence-corrected chi connectivity index (χ3v) is 7.26. The molecule has 2 aliphatic rings. The van der Waals surface area contributed by atoms with E-state index in [1.54, 1.807) is 13.1 Å². The van der Waals surface area contributed by atoms with Crippen molar-refractivity contribution in [3.05, 3.63) is 54.0 Å². The van der Waals surface area contributed by atoms with Gasteiger partial charge in [0.25, 0.3) is 0 Å². The number of anilines is 1. The number of rotatable bonds is 8. The fraction of sp³-hybridized carbons (Fsp3) is 0.577. The molecule has 0 bridgehead atoms. The van der Waals surface area contributed by atoms with E-state index in [0.29, 0.717) is 19.8 Å². The molecule has 0 radical (unpaired) electrons. The van der Waals surface area contributed by atoms with Gasteiger partial charge in [-0.25, -0.2) is 4.98 Å². The van der Waals surface area contributed by atoms with Gasteiger partial charge in [-0.3, -0.25) is 19.6 Å². The number of ether oxygens (including phenoxy) is 1. The number of hydrogen-bond acceptors (Lipinski definition) is 6. The van der Waals surface area contributed by atoms with Gasteiger partial charge in [0.05, 0.1) is 0 Å². The Labute approximate surface area is 210 Å². The molecular formula is C26H34F3N5O2. The van der Waals surface area contributed by atoms with Crippen LogP contribution in [0.25, 0.3) is 0 Å². The van der Waals surface area contributed by atoms with Crippen molar-refractivity contribution in [3.8, 4) is 0 Å². The molecule has 2 aromatic rings. The van der Waals surface area contributed by atoms with Crippen LogP contribution in [0.2, 0.25) is 0 Å². The average molecular weight is 506 g/mol. The van der Waals surface area contributed by atoms with Crippen LogP contribution in [0.3, 0.4) is 0 Å². The Morgan fingerprint density at radius 3 is 2.50 bits per heavy atom. The monoisotopic (exact) mass is 505 g/mol. The number of alkyl halides is 3. The highest BCUT2D eigenvalue weighted by atomic mass is 19.4. The molecule has 7 nitrogen and oxygen atoms in total. The van der Waals surface area contributed by atoms with Crippen LogP contribution in [0.4, 0.5) is 19.0 Å². The van der Waals surface area contributed by atoms with E-state index in [4.69, 9.17) is 4.74 Å². The molecule has 4 heterocycles. The molecule has 0 N–H and O–H groups in total. The quantitative estimate of drug-likeness (QED) is 0.546. The zero-order valence-corrected chi connectivity index (χ0v) is 20.7. The lowest BCUT2D eigenvalue weighted by Crippen LogP contribution is -2.63. The first kappa shape index (κ1) is 26.5. The topological polar surface area (TPSA) is 61.8 Å². The molecule has 0 atom stereocenters. The highest BCUT2D eigenvalue weighted by Crippen LogP contribution is 2.33. The molecule has 1 amide bonds. The Morgan fingerprint density at radius 2 is 1.86 bits per heavy atom. The van der Waals surface area contributed by atoms with Crippen molar-refractivity contribution in [1.29, 1.82) is 0 Å². The second-order valence-electron chi connectivity index (χ2n) is 9.49. The van der Waals surface area contributed by atoms with Crippen molar-refractivity contribution in [2.24, 2.45) is 0 Å². The van der Waals surface area contributed by atoms with Crippen LogP contribution in [0.5, 0.6) is 0 Å². The standard InChI is InChI=1S/C26H34F3N5O2/c1-2-24(35)34(23-7-3-6-22(31-23)26(27,28)29)20-25(9-17-36-18-10-25)33-15-13-32(14-16-33)12-8-21-5-4-11-30-19-21/h3-7,11,19H,2,8-10,12-18,20H2,1H3. The fourth-order valence-electron chi connectivity index (χ4n) is 5.12. The van der Waals surface area contributed by atoms with E-state index in [2.05, 4.69) is 25.8 Å². The number of carbonyl (C=O) groups is 1. The molecule has 4 rings (SSSR count). The van der Waals surface area contributed by atoms with Crippen molar-refractivity contribution in [2.75, 3.05) is 57.4 Å². The largest absolute Gasteiger partial charge is 0.433 e. The number of piperazine rings is 1. The van der Waals surface area contributed by atoms with Gasteiger partial charge >= 0.3 is 6.18 Å². The first-order chi connectivity index (χ1) is 17.3. The lowest BCUT2D eigenvalue weighted by molar-refractivity contribution is -0.141. The summed E-state index contributed by atoms with van der Waals surface area (Å²) in [6, 6.07) is 7.78.